The molecule has 0 unspecified atom stereocenters. The average molecular weight is 394 g/mol. The fourth-order valence-corrected chi connectivity index (χ4v) is 3.79. The summed E-state index contributed by atoms with van der Waals surface area (Å²) < 4.78 is 1.51. The molecule has 2 N–H and O–H groups in total. The van der Waals surface area contributed by atoms with Crippen LogP contribution in [-0.2, 0) is 7.05 Å². The Hall–Kier alpha value is -3.00. The lowest BCUT2D eigenvalue weighted by Crippen LogP contribution is -2.45. The van der Waals surface area contributed by atoms with Crippen LogP contribution in [0, 0.1) is 0 Å². The van der Waals surface area contributed by atoms with Gasteiger partial charge >= 0.3 is 0 Å². The fraction of sp³-hybridized carbons (Fsp3) is 0.429. The third-order valence-electron chi connectivity index (χ3n) is 5.13. The van der Waals surface area contributed by atoms with Crippen molar-refractivity contribution in [2.75, 3.05) is 18.0 Å². The second-order valence-corrected chi connectivity index (χ2v) is 8.66. The van der Waals surface area contributed by atoms with Crippen LogP contribution in [0.25, 0.3) is 22.0 Å². The molecule has 8 heteroatoms. The van der Waals surface area contributed by atoms with E-state index >= 15 is 0 Å². The highest BCUT2D eigenvalue weighted by Gasteiger charge is 2.27. The molecule has 3 aromatic rings. The number of fused-ring (bicyclic) bond motifs is 1. The van der Waals surface area contributed by atoms with Gasteiger partial charge in [0.25, 0.3) is 5.56 Å². The molecule has 1 fully saturated rings. The number of aromatic hydroxyl groups is 1. The normalized spacial score (nSPS) is 17.2. The predicted octanol–water partition coefficient (Wildman–Crippen LogP) is 2.06. The van der Waals surface area contributed by atoms with Crippen molar-refractivity contribution in [2.45, 2.75) is 38.8 Å². The van der Waals surface area contributed by atoms with E-state index in [1.54, 1.807) is 37.6 Å². The van der Waals surface area contributed by atoms with Crippen LogP contribution in [0.3, 0.4) is 0 Å². The van der Waals surface area contributed by atoms with Crippen LogP contribution in [0.15, 0.2) is 35.4 Å². The molecule has 0 aliphatic carbocycles. The fourth-order valence-electron chi connectivity index (χ4n) is 3.79. The maximum Gasteiger partial charge on any atom is 0.258 e. The standard InChI is InChI=1S/C21H26N6O2/c1-21(2,3)23-14-6-8-27(12-14)20-22-11-17(24-25-20)16-10-15-13(9-18(16)28)5-7-26(4)19(15)29/h5,7,9-11,14,23,28H,6,8,12H2,1-4H3/t14-/m0/s1. The van der Waals surface area contributed by atoms with Gasteiger partial charge in [-0.25, -0.2) is 4.98 Å². The van der Waals surface area contributed by atoms with E-state index in [1.165, 1.54) is 4.57 Å². The predicted molar refractivity (Wildman–Crippen MR) is 113 cm³/mol. The van der Waals surface area contributed by atoms with Gasteiger partial charge in [-0.3, -0.25) is 4.79 Å². The van der Waals surface area contributed by atoms with Crippen molar-refractivity contribution >= 4 is 16.7 Å². The molecule has 0 saturated carbocycles. The number of aryl methyl sites for hydroxylation is 1. The minimum atomic E-state index is -0.129. The Bertz CT molecular complexity index is 1100. The van der Waals surface area contributed by atoms with Crippen molar-refractivity contribution in [3.8, 4) is 17.0 Å². The quantitative estimate of drug-likeness (QED) is 0.702. The number of phenolic OH excluding ortho intramolecular Hbond substituents is 1. The molecule has 1 atom stereocenters. The van der Waals surface area contributed by atoms with Gasteiger partial charge in [0, 0.05) is 48.9 Å². The van der Waals surface area contributed by atoms with Crippen LogP contribution in [0.1, 0.15) is 27.2 Å². The molecule has 152 valence electrons. The number of aromatic nitrogens is 4. The van der Waals surface area contributed by atoms with Gasteiger partial charge in [0.05, 0.1) is 6.20 Å². The first-order chi connectivity index (χ1) is 13.7. The highest BCUT2D eigenvalue weighted by molar-refractivity contribution is 5.89. The van der Waals surface area contributed by atoms with E-state index in [1.807, 2.05) is 0 Å². The first kappa shape index (κ1) is 19.3. The van der Waals surface area contributed by atoms with Crippen molar-refractivity contribution in [1.29, 1.82) is 0 Å². The number of hydrogen-bond acceptors (Lipinski definition) is 7. The van der Waals surface area contributed by atoms with E-state index in [2.05, 4.69) is 46.2 Å². The maximum atomic E-state index is 12.4. The molecule has 0 bridgehead atoms. The van der Waals surface area contributed by atoms with Gasteiger partial charge in [-0.2, -0.15) is 0 Å². The van der Waals surface area contributed by atoms with E-state index < -0.39 is 0 Å². The van der Waals surface area contributed by atoms with E-state index in [0.717, 1.165) is 19.5 Å². The molecular weight excluding hydrogens is 368 g/mol. The molecule has 0 radical (unpaired) electrons. The molecule has 4 rings (SSSR count). The van der Waals surface area contributed by atoms with Gasteiger partial charge in [0.1, 0.15) is 11.4 Å². The molecule has 8 nitrogen and oxygen atoms in total. The van der Waals surface area contributed by atoms with Gasteiger partial charge in [-0.15, -0.1) is 10.2 Å². The Morgan fingerprint density at radius 1 is 1.24 bits per heavy atom. The van der Waals surface area contributed by atoms with Gasteiger partial charge in [0.15, 0.2) is 0 Å². The molecule has 3 heterocycles. The molecule has 1 aromatic carbocycles. The summed E-state index contributed by atoms with van der Waals surface area (Å²) in [7, 11) is 1.70. The van der Waals surface area contributed by atoms with Gasteiger partial charge in [0.2, 0.25) is 5.95 Å². The summed E-state index contributed by atoms with van der Waals surface area (Å²) in [4.78, 5) is 19.0. The number of nitrogens with one attached hydrogen (secondary N) is 1. The molecule has 29 heavy (non-hydrogen) atoms. The van der Waals surface area contributed by atoms with E-state index in [4.69, 9.17) is 0 Å². The highest BCUT2D eigenvalue weighted by Crippen LogP contribution is 2.31. The van der Waals surface area contributed by atoms with Gasteiger partial charge < -0.3 is 19.9 Å². The number of hydrogen-bond donors (Lipinski definition) is 2. The van der Waals surface area contributed by atoms with Crippen LogP contribution < -0.4 is 15.8 Å². The minimum Gasteiger partial charge on any atom is -0.507 e. The second-order valence-electron chi connectivity index (χ2n) is 8.66. The SMILES string of the molecule is Cn1ccc2cc(O)c(-c3cnc(N4CC[C@H](NC(C)(C)C)C4)nn3)cc2c1=O. The smallest absolute Gasteiger partial charge is 0.258 e. The van der Waals surface area contributed by atoms with Gasteiger partial charge in [-0.1, -0.05) is 0 Å². The Morgan fingerprint density at radius 3 is 2.72 bits per heavy atom. The van der Waals surface area contributed by atoms with Crippen molar-refractivity contribution < 1.29 is 5.11 Å². The van der Waals surface area contributed by atoms with Gasteiger partial charge in [-0.05, 0) is 50.8 Å². The average Bonchev–Trinajstić information content (AvgIpc) is 3.11. The molecule has 1 aliphatic heterocycles. The summed E-state index contributed by atoms with van der Waals surface area (Å²) >= 11 is 0. The Morgan fingerprint density at radius 2 is 2.03 bits per heavy atom. The van der Waals surface area contributed by atoms with E-state index in [9.17, 15) is 9.90 Å². The summed E-state index contributed by atoms with van der Waals surface area (Å²) in [6.07, 6.45) is 4.30. The summed E-state index contributed by atoms with van der Waals surface area (Å²) in [6, 6.07) is 5.41. The zero-order chi connectivity index (χ0) is 20.8. The summed E-state index contributed by atoms with van der Waals surface area (Å²) in [6.45, 7) is 8.17. The van der Waals surface area contributed by atoms with Crippen molar-refractivity contribution in [1.82, 2.24) is 25.1 Å². The zero-order valence-corrected chi connectivity index (χ0v) is 17.2. The lowest BCUT2D eigenvalue weighted by atomic mass is 10.1. The number of phenols is 1. The number of rotatable bonds is 3. The van der Waals surface area contributed by atoms with Crippen LogP contribution in [0.2, 0.25) is 0 Å². The zero-order valence-electron chi connectivity index (χ0n) is 17.2. The molecule has 1 aliphatic rings. The van der Waals surface area contributed by atoms with Crippen molar-refractivity contribution in [3.63, 3.8) is 0 Å². The summed E-state index contributed by atoms with van der Waals surface area (Å²) in [5, 5.41) is 23.8. The third kappa shape index (κ3) is 3.93. The Kier molecular flexibility index (Phi) is 4.74. The van der Waals surface area contributed by atoms with Crippen LogP contribution in [0.5, 0.6) is 5.75 Å². The van der Waals surface area contributed by atoms with Crippen molar-refractivity contribution in [3.05, 3.63) is 40.9 Å². The lowest BCUT2D eigenvalue weighted by molar-refractivity contribution is 0.373. The molecule has 0 amide bonds. The largest absolute Gasteiger partial charge is 0.507 e. The number of benzene rings is 1. The Balaban J connectivity index is 1.59. The first-order valence-electron chi connectivity index (χ1n) is 9.76. The number of pyridine rings is 1. The molecule has 0 spiro atoms. The second kappa shape index (κ2) is 7.11. The lowest BCUT2D eigenvalue weighted by Gasteiger charge is -2.25. The Labute approximate surface area is 169 Å². The first-order valence-corrected chi connectivity index (χ1v) is 9.76. The summed E-state index contributed by atoms with van der Waals surface area (Å²) in [5.41, 5.74) is 0.813. The summed E-state index contributed by atoms with van der Waals surface area (Å²) in [5.74, 6) is 0.619. The minimum absolute atomic E-state index is 0.0465. The topological polar surface area (TPSA) is 96.2 Å². The molecule has 1 saturated heterocycles. The van der Waals surface area contributed by atoms with E-state index in [-0.39, 0.29) is 16.8 Å². The third-order valence-corrected chi connectivity index (χ3v) is 5.13. The monoisotopic (exact) mass is 394 g/mol. The highest BCUT2D eigenvalue weighted by atomic mass is 16.3. The maximum absolute atomic E-state index is 12.4. The number of anilines is 1. The van der Waals surface area contributed by atoms with Crippen LogP contribution in [-0.4, -0.2) is 49.5 Å². The van der Waals surface area contributed by atoms with Crippen LogP contribution >= 0.6 is 0 Å². The van der Waals surface area contributed by atoms with E-state index in [0.29, 0.717) is 34.0 Å². The molecule has 2 aromatic heterocycles. The molecular formula is C21H26N6O2. The van der Waals surface area contributed by atoms with Crippen molar-refractivity contribution in [2.24, 2.45) is 7.05 Å². The number of nitrogens with zero attached hydrogens (tertiary/aromatic N) is 5. The van der Waals surface area contributed by atoms with Crippen LogP contribution in [0.4, 0.5) is 5.95 Å².